The summed E-state index contributed by atoms with van der Waals surface area (Å²) in [6.07, 6.45) is 2.19. The Bertz CT molecular complexity index is 173. The van der Waals surface area contributed by atoms with Crippen LogP contribution in [0.2, 0.25) is 0 Å². The number of carboxylic acids is 1. The van der Waals surface area contributed by atoms with Gasteiger partial charge in [0.05, 0.1) is 0 Å². The van der Waals surface area contributed by atoms with Gasteiger partial charge in [-0.1, -0.05) is 0 Å². The SMILES string of the molecule is CC(N)C(C(=O)O)N1CCCC1.Cl.Cl. The maximum atomic E-state index is 10.8. The van der Waals surface area contributed by atoms with Gasteiger partial charge in [-0.2, -0.15) is 0 Å². The van der Waals surface area contributed by atoms with Gasteiger partial charge in [0.2, 0.25) is 0 Å². The van der Waals surface area contributed by atoms with E-state index in [4.69, 9.17) is 10.8 Å². The van der Waals surface area contributed by atoms with E-state index in [1.54, 1.807) is 6.92 Å². The Kier molecular flexibility index (Phi) is 8.54. The molecule has 0 aromatic heterocycles. The summed E-state index contributed by atoms with van der Waals surface area (Å²) in [6.45, 7) is 3.49. The Morgan fingerprint density at radius 3 is 2.07 bits per heavy atom. The maximum Gasteiger partial charge on any atom is 0.322 e. The minimum absolute atomic E-state index is 0. The Hall–Kier alpha value is -0.0300. The minimum Gasteiger partial charge on any atom is -0.480 e. The van der Waals surface area contributed by atoms with Crippen molar-refractivity contribution in [1.29, 1.82) is 0 Å². The second-order valence-corrected chi connectivity index (χ2v) is 3.39. The molecule has 0 saturated carbocycles. The van der Waals surface area contributed by atoms with Gasteiger partial charge in [0, 0.05) is 6.04 Å². The van der Waals surface area contributed by atoms with E-state index in [1.807, 2.05) is 4.90 Å². The van der Waals surface area contributed by atoms with Crippen LogP contribution in [0.25, 0.3) is 0 Å². The van der Waals surface area contributed by atoms with Gasteiger partial charge in [0.15, 0.2) is 0 Å². The van der Waals surface area contributed by atoms with Crippen molar-refractivity contribution in [2.24, 2.45) is 5.73 Å². The second kappa shape index (κ2) is 7.29. The van der Waals surface area contributed by atoms with Gasteiger partial charge in [0.25, 0.3) is 0 Å². The van der Waals surface area contributed by atoms with E-state index >= 15 is 0 Å². The third-order valence-corrected chi connectivity index (χ3v) is 2.29. The van der Waals surface area contributed by atoms with Crippen LogP contribution in [0, 0.1) is 0 Å². The van der Waals surface area contributed by atoms with Gasteiger partial charge in [-0.3, -0.25) is 9.69 Å². The molecule has 0 aromatic rings. The first-order chi connectivity index (χ1) is 5.63. The average Bonchev–Trinajstić information content (AvgIpc) is 2.37. The van der Waals surface area contributed by atoms with Crippen LogP contribution in [0.5, 0.6) is 0 Å². The molecule has 0 bridgehead atoms. The molecule has 1 fully saturated rings. The normalized spacial score (nSPS) is 20.4. The standard InChI is InChI=1S/C8H16N2O2.2ClH/c1-6(9)7(8(11)12)10-4-2-3-5-10;;/h6-7H,2-5,9H2,1H3,(H,11,12);2*1H. The molecule has 1 aliphatic heterocycles. The largest absolute Gasteiger partial charge is 0.480 e. The molecule has 0 aromatic carbocycles. The zero-order valence-corrected chi connectivity index (χ0v) is 9.81. The Balaban J connectivity index is 0. The zero-order valence-electron chi connectivity index (χ0n) is 8.18. The number of carboxylic acid groups (broad SMARTS) is 1. The van der Waals surface area contributed by atoms with Crippen molar-refractivity contribution >= 4 is 30.8 Å². The van der Waals surface area contributed by atoms with Gasteiger partial charge in [-0.25, -0.2) is 0 Å². The first kappa shape index (κ1) is 16.4. The zero-order chi connectivity index (χ0) is 9.14. The van der Waals surface area contributed by atoms with Crippen LogP contribution in [0.15, 0.2) is 0 Å². The lowest BCUT2D eigenvalue weighted by Crippen LogP contribution is -2.50. The number of hydrogen-bond donors (Lipinski definition) is 2. The summed E-state index contributed by atoms with van der Waals surface area (Å²) in [4.78, 5) is 12.8. The van der Waals surface area contributed by atoms with Crippen LogP contribution in [-0.2, 0) is 4.79 Å². The molecule has 0 spiro atoms. The van der Waals surface area contributed by atoms with E-state index in [9.17, 15) is 4.79 Å². The lowest BCUT2D eigenvalue weighted by molar-refractivity contribution is -0.143. The molecular weight excluding hydrogens is 227 g/mol. The molecule has 1 rings (SSSR count). The van der Waals surface area contributed by atoms with Crippen LogP contribution in [0.1, 0.15) is 19.8 Å². The summed E-state index contributed by atoms with van der Waals surface area (Å²) in [7, 11) is 0. The summed E-state index contributed by atoms with van der Waals surface area (Å²) in [5.74, 6) is -0.799. The van der Waals surface area contributed by atoms with E-state index in [1.165, 1.54) is 0 Å². The molecule has 1 aliphatic rings. The third-order valence-electron chi connectivity index (χ3n) is 2.29. The van der Waals surface area contributed by atoms with Gasteiger partial charge >= 0.3 is 5.97 Å². The molecule has 14 heavy (non-hydrogen) atoms. The monoisotopic (exact) mass is 244 g/mol. The highest BCUT2D eigenvalue weighted by molar-refractivity contribution is 5.85. The summed E-state index contributed by atoms with van der Waals surface area (Å²) in [5.41, 5.74) is 5.59. The van der Waals surface area contributed by atoms with Crippen molar-refractivity contribution in [3.05, 3.63) is 0 Å². The van der Waals surface area contributed by atoms with Crippen LogP contribution in [0.3, 0.4) is 0 Å². The van der Waals surface area contributed by atoms with Crippen molar-refractivity contribution in [1.82, 2.24) is 4.90 Å². The first-order valence-electron chi connectivity index (χ1n) is 4.35. The van der Waals surface area contributed by atoms with E-state index < -0.39 is 12.0 Å². The molecule has 6 heteroatoms. The topological polar surface area (TPSA) is 66.6 Å². The molecule has 0 aliphatic carbocycles. The molecule has 86 valence electrons. The van der Waals surface area contributed by atoms with Crippen LogP contribution >= 0.6 is 24.8 Å². The lowest BCUT2D eigenvalue weighted by atomic mass is 10.1. The summed E-state index contributed by atoms with van der Waals surface area (Å²) >= 11 is 0. The molecule has 1 saturated heterocycles. The van der Waals surface area contributed by atoms with E-state index in [-0.39, 0.29) is 30.9 Å². The fraction of sp³-hybridized carbons (Fsp3) is 0.875. The summed E-state index contributed by atoms with van der Waals surface area (Å²) in [6, 6.07) is -0.784. The molecule has 1 heterocycles. The lowest BCUT2D eigenvalue weighted by Gasteiger charge is -2.26. The number of nitrogens with zero attached hydrogens (tertiary/aromatic N) is 1. The number of carbonyl (C=O) groups is 1. The quantitative estimate of drug-likeness (QED) is 0.769. The molecule has 4 nitrogen and oxygen atoms in total. The third kappa shape index (κ3) is 4.00. The number of nitrogens with two attached hydrogens (primary N) is 1. The van der Waals surface area contributed by atoms with Gasteiger partial charge in [-0.15, -0.1) is 24.8 Å². The molecule has 2 unspecified atom stereocenters. The Morgan fingerprint density at radius 1 is 1.36 bits per heavy atom. The van der Waals surface area contributed by atoms with Crippen LogP contribution < -0.4 is 5.73 Å². The summed E-state index contributed by atoms with van der Waals surface area (Å²) in [5, 5.41) is 8.88. The predicted molar refractivity (Wildman–Crippen MR) is 60.4 cm³/mol. The van der Waals surface area contributed by atoms with Crippen molar-refractivity contribution in [3.8, 4) is 0 Å². The Labute approximate surface area is 96.6 Å². The fourth-order valence-electron chi connectivity index (χ4n) is 1.73. The molecule has 3 N–H and O–H groups in total. The Morgan fingerprint density at radius 2 is 1.79 bits per heavy atom. The van der Waals surface area contributed by atoms with Crippen molar-refractivity contribution in [2.75, 3.05) is 13.1 Å². The molecular formula is C8H18Cl2N2O2. The van der Waals surface area contributed by atoms with Crippen molar-refractivity contribution in [3.63, 3.8) is 0 Å². The number of halogens is 2. The summed E-state index contributed by atoms with van der Waals surface area (Å²) < 4.78 is 0. The van der Waals surface area contributed by atoms with Gasteiger partial charge < -0.3 is 10.8 Å². The van der Waals surface area contributed by atoms with Crippen LogP contribution in [-0.4, -0.2) is 41.1 Å². The van der Waals surface area contributed by atoms with Gasteiger partial charge in [-0.05, 0) is 32.9 Å². The van der Waals surface area contributed by atoms with Crippen molar-refractivity contribution < 1.29 is 9.90 Å². The maximum absolute atomic E-state index is 10.8. The van der Waals surface area contributed by atoms with E-state index in [2.05, 4.69) is 0 Å². The smallest absolute Gasteiger partial charge is 0.322 e. The predicted octanol–water partition coefficient (Wildman–Crippen LogP) is 0.726. The number of aliphatic carboxylic acids is 1. The van der Waals surface area contributed by atoms with E-state index in [0.29, 0.717) is 0 Å². The highest BCUT2D eigenvalue weighted by Crippen LogP contribution is 2.13. The molecule has 0 amide bonds. The second-order valence-electron chi connectivity index (χ2n) is 3.39. The van der Waals surface area contributed by atoms with Crippen molar-refractivity contribution in [2.45, 2.75) is 31.8 Å². The highest BCUT2D eigenvalue weighted by Gasteiger charge is 2.30. The first-order valence-corrected chi connectivity index (χ1v) is 4.35. The number of hydrogen-bond acceptors (Lipinski definition) is 3. The molecule has 2 atom stereocenters. The van der Waals surface area contributed by atoms with Crippen LogP contribution in [0.4, 0.5) is 0 Å². The average molecular weight is 245 g/mol. The van der Waals surface area contributed by atoms with E-state index in [0.717, 1.165) is 25.9 Å². The number of rotatable bonds is 3. The fourth-order valence-corrected chi connectivity index (χ4v) is 1.73. The van der Waals surface area contributed by atoms with Gasteiger partial charge in [0.1, 0.15) is 6.04 Å². The minimum atomic E-state index is -0.799. The molecule has 0 radical (unpaired) electrons. The highest BCUT2D eigenvalue weighted by atomic mass is 35.5. The number of likely N-dealkylation sites (tertiary alicyclic amines) is 1.